The van der Waals surface area contributed by atoms with Crippen LogP contribution in [0.15, 0.2) is 60.8 Å². The maximum absolute atomic E-state index is 12.6. The predicted octanol–water partition coefficient (Wildman–Crippen LogP) is 2.97. The number of fused-ring (bicyclic) bond motifs is 1. The van der Waals surface area contributed by atoms with Gasteiger partial charge in [0.2, 0.25) is 0 Å². The number of nitrogens with zero attached hydrogens (tertiary/aromatic N) is 1. The van der Waals surface area contributed by atoms with Crippen LogP contribution in [0.3, 0.4) is 0 Å². The van der Waals surface area contributed by atoms with Crippen molar-refractivity contribution in [1.82, 2.24) is 10.3 Å². The fourth-order valence-corrected chi connectivity index (χ4v) is 2.68. The molecule has 5 nitrogen and oxygen atoms in total. The largest absolute Gasteiger partial charge is 0.480 e. The number of nitrogens with one attached hydrogen (secondary N) is 1. The molecule has 2 aromatic carbocycles. The number of carbonyl (C=O) groups is 2. The summed E-state index contributed by atoms with van der Waals surface area (Å²) in [6.45, 7) is 1.97. The van der Waals surface area contributed by atoms with Gasteiger partial charge < -0.3 is 10.4 Å². The minimum atomic E-state index is -1.07. The number of rotatable bonds is 5. The molecule has 2 N–H and O–H groups in total. The number of carboxylic acids is 1. The molecule has 0 saturated carbocycles. The molecule has 1 amide bonds. The predicted molar refractivity (Wildman–Crippen MR) is 95.5 cm³/mol. The highest BCUT2D eigenvalue weighted by Crippen LogP contribution is 2.16. The lowest BCUT2D eigenvalue weighted by Gasteiger charge is -2.15. The number of hydrogen-bond acceptors (Lipinski definition) is 3. The number of aliphatic carboxylic acids is 1. The Balaban J connectivity index is 1.83. The van der Waals surface area contributed by atoms with Crippen LogP contribution in [-0.4, -0.2) is 28.0 Å². The Morgan fingerprint density at radius 1 is 1.08 bits per heavy atom. The first-order chi connectivity index (χ1) is 12.0. The Bertz CT molecular complexity index is 914. The Morgan fingerprint density at radius 2 is 1.80 bits per heavy atom. The summed E-state index contributed by atoms with van der Waals surface area (Å²) in [5, 5.41) is 12.9. The standard InChI is InChI=1S/C20H18N2O3/c1-13-7-9-14(10-8-13)12-17(20(24)25)22-19(23)16-6-2-4-15-5-3-11-21-18(15)16/h2-11,17H,12H2,1H3,(H,22,23)(H,24,25)/t17-/m0/s1. The van der Waals surface area contributed by atoms with Crippen molar-refractivity contribution in [3.8, 4) is 0 Å². The van der Waals surface area contributed by atoms with E-state index in [-0.39, 0.29) is 6.42 Å². The molecule has 0 fully saturated rings. The molecular weight excluding hydrogens is 316 g/mol. The second-order valence-corrected chi connectivity index (χ2v) is 5.93. The van der Waals surface area contributed by atoms with Crippen molar-refractivity contribution in [1.29, 1.82) is 0 Å². The Hall–Kier alpha value is -3.21. The van der Waals surface area contributed by atoms with Gasteiger partial charge in [-0.3, -0.25) is 9.78 Å². The number of pyridine rings is 1. The summed E-state index contributed by atoms with van der Waals surface area (Å²) in [4.78, 5) is 28.4. The van der Waals surface area contributed by atoms with E-state index in [2.05, 4.69) is 10.3 Å². The minimum absolute atomic E-state index is 0.222. The molecule has 0 radical (unpaired) electrons. The van der Waals surface area contributed by atoms with Gasteiger partial charge in [-0.2, -0.15) is 0 Å². The first-order valence-electron chi connectivity index (χ1n) is 7.97. The average Bonchev–Trinajstić information content (AvgIpc) is 2.62. The SMILES string of the molecule is Cc1ccc(C[C@H](NC(=O)c2cccc3cccnc23)C(=O)O)cc1. The van der Waals surface area contributed by atoms with E-state index in [0.717, 1.165) is 16.5 Å². The lowest BCUT2D eigenvalue weighted by atomic mass is 10.0. The normalized spacial score (nSPS) is 11.9. The van der Waals surface area contributed by atoms with E-state index in [1.807, 2.05) is 43.3 Å². The van der Waals surface area contributed by atoms with Crippen molar-refractivity contribution in [2.75, 3.05) is 0 Å². The van der Waals surface area contributed by atoms with E-state index in [4.69, 9.17) is 0 Å². The van der Waals surface area contributed by atoms with Gasteiger partial charge in [0.15, 0.2) is 0 Å². The molecular formula is C20H18N2O3. The van der Waals surface area contributed by atoms with Crippen molar-refractivity contribution in [2.45, 2.75) is 19.4 Å². The monoisotopic (exact) mass is 334 g/mol. The average molecular weight is 334 g/mol. The summed E-state index contributed by atoms with van der Waals surface area (Å²) in [6, 6.07) is 15.5. The van der Waals surface area contributed by atoms with E-state index >= 15 is 0 Å². The lowest BCUT2D eigenvalue weighted by Crippen LogP contribution is -2.42. The Morgan fingerprint density at radius 3 is 2.52 bits per heavy atom. The van der Waals surface area contributed by atoms with Crippen LogP contribution in [0.2, 0.25) is 0 Å². The van der Waals surface area contributed by atoms with Gasteiger partial charge in [-0.25, -0.2) is 4.79 Å². The van der Waals surface area contributed by atoms with Gasteiger partial charge in [-0.05, 0) is 24.6 Å². The van der Waals surface area contributed by atoms with E-state index in [0.29, 0.717) is 11.1 Å². The summed E-state index contributed by atoms with van der Waals surface area (Å²) in [5.74, 6) is -1.51. The molecule has 0 spiro atoms. The zero-order chi connectivity index (χ0) is 17.8. The highest BCUT2D eigenvalue weighted by atomic mass is 16.4. The number of aromatic nitrogens is 1. The van der Waals surface area contributed by atoms with E-state index in [1.165, 1.54) is 0 Å². The first-order valence-corrected chi connectivity index (χ1v) is 7.97. The maximum atomic E-state index is 12.6. The van der Waals surface area contributed by atoms with Gasteiger partial charge in [0.25, 0.3) is 5.91 Å². The zero-order valence-electron chi connectivity index (χ0n) is 13.8. The van der Waals surface area contributed by atoms with Crippen LogP contribution in [0.5, 0.6) is 0 Å². The molecule has 0 saturated heterocycles. The molecule has 0 aliphatic heterocycles. The number of para-hydroxylation sites is 1. The number of benzene rings is 2. The van der Waals surface area contributed by atoms with Crippen LogP contribution >= 0.6 is 0 Å². The third-order valence-electron chi connectivity index (χ3n) is 4.04. The van der Waals surface area contributed by atoms with Gasteiger partial charge in [-0.1, -0.05) is 48.0 Å². The smallest absolute Gasteiger partial charge is 0.326 e. The highest BCUT2D eigenvalue weighted by molar-refractivity contribution is 6.06. The molecule has 25 heavy (non-hydrogen) atoms. The minimum Gasteiger partial charge on any atom is -0.480 e. The van der Waals surface area contributed by atoms with Crippen molar-refractivity contribution in [3.05, 3.63) is 77.5 Å². The molecule has 1 heterocycles. The van der Waals surface area contributed by atoms with Gasteiger partial charge in [0.1, 0.15) is 6.04 Å². The molecule has 5 heteroatoms. The van der Waals surface area contributed by atoms with Crippen LogP contribution < -0.4 is 5.32 Å². The highest BCUT2D eigenvalue weighted by Gasteiger charge is 2.22. The lowest BCUT2D eigenvalue weighted by molar-refractivity contribution is -0.139. The van der Waals surface area contributed by atoms with E-state index < -0.39 is 17.9 Å². The van der Waals surface area contributed by atoms with Gasteiger partial charge >= 0.3 is 5.97 Å². The molecule has 126 valence electrons. The van der Waals surface area contributed by atoms with Gasteiger partial charge in [0, 0.05) is 18.0 Å². The number of carboxylic acid groups (broad SMARTS) is 1. The fraction of sp³-hybridized carbons (Fsp3) is 0.150. The van der Waals surface area contributed by atoms with Gasteiger partial charge in [-0.15, -0.1) is 0 Å². The van der Waals surface area contributed by atoms with Crippen molar-refractivity contribution < 1.29 is 14.7 Å². The summed E-state index contributed by atoms with van der Waals surface area (Å²) in [5.41, 5.74) is 2.88. The first kappa shape index (κ1) is 16.6. The maximum Gasteiger partial charge on any atom is 0.326 e. The molecule has 3 rings (SSSR count). The molecule has 1 aromatic heterocycles. The molecule has 3 aromatic rings. The molecule has 1 atom stereocenters. The molecule has 0 unspecified atom stereocenters. The van der Waals surface area contributed by atoms with Crippen LogP contribution in [-0.2, 0) is 11.2 Å². The van der Waals surface area contributed by atoms with Crippen LogP contribution in [0.1, 0.15) is 21.5 Å². The van der Waals surface area contributed by atoms with Crippen LogP contribution in [0.4, 0.5) is 0 Å². The third-order valence-corrected chi connectivity index (χ3v) is 4.04. The Kier molecular flexibility index (Phi) is 4.75. The molecule has 0 aliphatic rings. The van der Waals surface area contributed by atoms with Crippen molar-refractivity contribution in [3.63, 3.8) is 0 Å². The van der Waals surface area contributed by atoms with E-state index in [9.17, 15) is 14.7 Å². The molecule has 0 aliphatic carbocycles. The fourth-order valence-electron chi connectivity index (χ4n) is 2.68. The third kappa shape index (κ3) is 3.83. The van der Waals surface area contributed by atoms with Crippen molar-refractivity contribution >= 4 is 22.8 Å². The van der Waals surface area contributed by atoms with Crippen LogP contribution in [0.25, 0.3) is 10.9 Å². The quantitative estimate of drug-likeness (QED) is 0.752. The van der Waals surface area contributed by atoms with Crippen molar-refractivity contribution in [2.24, 2.45) is 0 Å². The summed E-state index contributed by atoms with van der Waals surface area (Å²) in [6.07, 6.45) is 1.83. The summed E-state index contributed by atoms with van der Waals surface area (Å²) in [7, 11) is 0. The summed E-state index contributed by atoms with van der Waals surface area (Å²) >= 11 is 0. The number of amides is 1. The zero-order valence-corrected chi connectivity index (χ0v) is 13.8. The van der Waals surface area contributed by atoms with E-state index in [1.54, 1.807) is 24.4 Å². The Labute approximate surface area is 145 Å². The van der Waals surface area contributed by atoms with Crippen LogP contribution in [0, 0.1) is 6.92 Å². The number of carbonyl (C=O) groups excluding carboxylic acids is 1. The topological polar surface area (TPSA) is 79.3 Å². The second kappa shape index (κ2) is 7.13. The van der Waals surface area contributed by atoms with Gasteiger partial charge in [0.05, 0.1) is 11.1 Å². The molecule has 0 bridgehead atoms. The number of aryl methyl sites for hydroxylation is 1. The summed E-state index contributed by atoms with van der Waals surface area (Å²) < 4.78 is 0. The number of hydrogen-bond donors (Lipinski definition) is 2. The second-order valence-electron chi connectivity index (χ2n) is 5.93.